The Morgan fingerprint density at radius 2 is 1.57 bits per heavy atom. The van der Waals surface area contributed by atoms with Gasteiger partial charge in [0.25, 0.3) is 0 Å². The number of nitrogens with zero attached hydrogens (tertiary/aromatic N) is 1. The minimum Gasteiger partial charge on any atom is -0.478 e. The maximum atomic E-state index is 11.5. The highest BCUT2D eigenvalue weighted by Gasteiger charge is 2.46. The van der Waals surface area contributed by atoms with Crippen molar-refractivity contribution in [1.29, 1.82) is 0 Å². The molecule has 0 amide bonds. The van der Waals surface area contributed by atoms with E-state index in [1.165, 1.54) is 23.3 Å². The van der Waals surface area contributed by atoms with Crippen molar-refractivity contribution < 1.29 is 25.0 Å². The molecule has 1 aromatic rings. The van der Waals surface area contributed by atoms with Crippen LogP contribution in [-0.2, 0) is 0 Å². The molecular weight excluding hydrogens is 298 g/mol. The molecule has 23 heavy (non-hydrogen) atoms. The van der Waals surface area contributed by atoms with Crippen molar-refractivity contribution in [2.75, 3.05) is 0 Å². The van der Waals surface area contributed by atoms with Crippen molar-refractivity contribution >= 4 is 11.9 Å². The molecule has 0 spiro atoms. The average Bonchev–Trinajstić information content (AvgIpc) is 2.43. The molecular formula is C17H23NO5. The van der Waals surface area contributed by atoms with Gasteiger partial charge in [-0.3, -0.25) is 0 Å². The van der Waals surface area contributed by atoms with Crippen molar-refractivity contribution in [3.05, 3.63) is 34.9 Å². The van der Waals surface area contributed by atoms with Gasteiger partial charge in [0.05, 0.1) is 11.1 Å². The van der Waals surface area contributed by atoms with Crippen molar-refractivity contribution in [2.24, 2.45) is 0 Å². The summed E-state index contributed by atoms with van der Waals surface area (Å²) in [6, 6.07) is 4.12. The average molecular weight is 321 g/mol. The first-order valence-corrected chi connectivity index (χ1v) is 7.55. The van der Waals surface area contributed by atoms with Crippen LogP contribution in [0, 0.1) is 0 Å². The lowest BCUT2D eigenvalue weighted by Gasteiger charge is -2.51. The monoisotopic (exact) mass is 321 g/mol. The van der Waals surface area contributed by atoms with E-state index in [1.807, 2.05) is 27.7 Å². The molecule has 2 rings (SSSR count). The van der Waals surface area contributed by atoms with E-state index in [0.717, 1.165) is 0 Å². The summed E-state index contributed by atoms with van der Waals surface area (Å²) in [4.78, 5) is 22.8. The van der Waals surface area contributed by atoms with Crippen LogP contribution in [0.4, 0.5) is 0 Å². The Labute approximate surface area is 135 Å². The fourth-order valence-electron chi connectivity index (χ4n) is 3.72. The maximum Gasteiger partial charge on any atom is 0.335 e. The highest BCUT2D eigenvalue weighted by Crippen LogP contribution is 2.45. The van der Waals surface area contributed by atoms with Gasteiger partial charge in [0, 0.05) is 11.1 Å². The Hall–Kier alpha value is -1.92. The van der Waals surface area contributed by atoms with Crippen LogP contribution in [0.2, 0.25) is 0 Å². The molecule has 3 N–H and O–H groups in total. The Morgan fingerprint density at radius 1 is 1.04 bits per heavy atom. The van der Waals surface area contributed by atoms with E-state index in [-0.39, 0.29) is 17.0 Å². The zero-order valence-electron chi connectivity index (χ0n) is 13.8. The van der Waals surface area contributed by atoms with Gasteiger partial charge < -0.3 is 15.4 Å². The molecule has 1 aliphatic heterocycles. The molecule has 0 aliphatic carbocycles. The smallest absolute Gasteiger partial charge is 0.335 e. The molecule has 1 saturated heterocycles. The van der Waals surface area contributed by atoms with E-state index < -0.39 is 23.0 Å². The molecule has 0 radical (unpaired) electrons. The number of carboxylic acids is 2. The van der Waals surface area contributed by atoms with Crippen LogP contribution >= 0.6 is 0 Å². The topological polar surface area (TPSA) is 98.1 Å². The lowest BCUT2D eigenvalue weighted by atomic mass is 9.71. The van der Waals surface area contributed by atoms with Crippen LogP contribution in [0.5, 0.6) is 0 Å². The van der Waals surface area contributed by atoms with Crippen molar-refractivity contribution in [3.8, 4) is 0 Å². The molecule has 0 saturated carbocycles. The third-order valence-electron chi connectivity index (χ3n) is 4.61. The third kappa shape index (κ3) is 3.23. The summed E-state index contributed by atoms with van der Waals surface area (Å²) in [5, 5.41) is 30.3. The Kier molecular flexibility index (Phi) is 4.26. The number of piperidine rings is 1. The quantitative estimate of drug-likeness (QED) is 0.791. The van der Waals surface area contributed by atoms with Crippen LogP contribution in [0.15, 0.2) is 18.2 Å². The lowest BCUT2D eigenvalue weighted by Crippen LogP contribution is -2.58. The van der Waals surface area contributed by atoms with Crippen LogP contribution in [0.1, 0.15) is 72.7 Å². The predicted octanol–water partition coefficient (Wildman–Crippen LogP) is 3.21. The second kappa shape index (κ2) is 5.62. The van der Waals surface area contributed by atoms with Gasteiger partial charge in [0.1, 0.15) is 0 Å². The second-order valence-electron chi connectivity index (χ2n) is 7.45. The zero-order chi connectivity index (χ0) is 17.6. The lowest BCUT2D eigenvalue weighted by molar-refractivity contribution is -0.245. The van der Waals surface area contributed by atoms with Gasteiger partial charge in [-0.15, -0.1) is 0 Å². The van der Waals surface area contributed by atoms with E-state index in [2.05, 4.69) is 0 Å². The number of hydrogen-bond donors (Lipinski definition) is 3. The molecule has 0 aromatic heterocycles. The Balaban J connectivity index is 2.54. The van der Waals surface area contributed by atoms with Crippen molar-refractivity contribution in [2.45, 2.75) is 57.5 Å². The molecule has 1 fully saturated rings. The second-order valence-corrected chi connectivity index (χ2v) is 7.45. The summed E-state index contributed by atoms with van der Waals surface area (Å²) in [5.41, 5.74) is -0.361. The minimum atomic E-state index is -1.08. The van der Waals surface area contributed by atoms with E-state index in [1.54, 1.807) is 0 Å². The maximum absolute atomic E-state index is 11.5. The van der Waals surface area contributed by atoms with Crippen LogP contribution in [0.3, 0.4) is 0 Å². The molecule has 0 atom stereocenters. The van der Waals surface area contributed by atoms with E-state index >= 15 is 0 Å². The largest absolute Gasteiger partial charge is 0.478 e. The Bertz CT molecular complexity index is 632. The highest BCUT2D eigenvalue weighted by molar-refractivity contribution is 5.93. The molecule has 1 aromatic carbocycles. The standard InChI is InChI=1S/C17H23NO5/c1-16(2)8-11(9-17(3,4)18(16)23)13-7-10(14(19)20)5-6-12(13)15(21)22/h5-7,11,23H,8-9H2,1-4H3,(H,19,20)(H,21,22). The SMILES string of the molecule is CC1(C)CC(c2cc(C(=O)O)ccc2C(=O)O)CC(C)(C)N1O. The van der Waals surface area contributed by atoms with E-state index in [0.29, 0.717) is 18.4 Å². The molecule has 1 heterocycles. The van der Waals surface area contributed by atoms with Gasteiger partial charge in [0.2, 0.25) is 0 Å². The van der Waals surface area contributed by atoms with E-state index in [4.69, 9.17) is 0 Å². The number of rotatable bonds is 3. The molecule has 126 valence electrons. The first kappa shape index (κ1) is 17.4. The first-order valence-electron chi connectivity index (χ1n) is 7.55. The fourth-order valence-corrected chi connectivity index (χ4v) is 3.72. The van der Waals surface area contributed by atoms with Crippen LogP contribution < -0.4 is 0 Å². The van der Waals surface area contributed by atoms with Gasteiger partial charge in [-0.05, 0) is 70.2 Å². The number of hydrogen-bond acceptors (Lipinski definition) is 4. The molecule has 0 unspecified atom stereocenters. The fraction of sp³-hybridized carbons (Fsp3) is 0.529. The number of carboxylic acid groups (broad SMARTS) is 2. The Morgan fingerprint density at radius 3 is 2.00 bits per heavy atom. The summed E-state index contributed by atoms with van der Waals surface area (Å²) in [5.74, 6) is -2.30. The van der Waals surface area contributed by atoms with Gasteiger partial charge in [0.15, 0.2) is 0 Å². The molecule has 1 aliphatic rings. The van der Waals surface area contributed by atoms with Gasteiger partial charge in [-0.2, -0.15) is 5.06 Å². The van der Waals surface area contributed by atoms with Crippen LogP contribution in [-0.4, -0.2) is 43.5 Å². The van der Waals surface area contributed by atoms with E-state index in [9.17, 15) is 25.0 Å². The molecule has 6 nitrogen and oxygen atoms in total. The van der Waals surface area contributed by atoms with Crippen LogP contribution in [0.25, 0.3) is 0 Å². The first-order chi connectivity index (χ1) is 10.5. The summed E-state index contributed by atoms with van der Waals surface area (Å²) in [6.07, 6.45) is 1.08. The summed E-state index contributed by atoms with van der Waals surface area (Å²) >= 11 is 0. The van der Waals surface area contributed by atoms with Gasteiger partial charge in [-0.25, -0.2) is 9.59 Å². The zero-order valence-corrected chi connectivity index (χ0v) is 13.8. The van der Waals surface area contributed by atoms with Crippen molar-refractivity contribution in [1.82, 2.24) is 5.06 Å². The molecule has 0 bridgehead atoms. The normalized spacial score (nSPS) is 21.1. The summed E-state index contributed by atoms with van der Waals surface area (Å²) < 4.78 is 0. The highest BCUT2D eigenvalue weighted by atomic mass is 16.5. The van der Waals surface area contributed by atoms with Crippen molar-refractivity contribution in [3.63, 3.8) is 0 Å². The summed E-state index contributed by atoms with van der Waals surface area (Å²) in [6.45, 7) is 7.57. The number of benzene rings is 1. The predicted molar refractivity (Wildman–Crippen MR) is 84.1 cm³/mol. The number of aromatic carboxylic acids is 2. The third-order valence-corrected chi connectivity index (χ3v) is 4.61. The minimum absolute atomic E-state index is 0.0760. The van der Waals surface area contributed by atoms with Gasteiger partial charge >= 0.3 is 11.9 Å². The van der Waals surface area contributed by atoms with Gasteiger partial charge in [-0.1, -0.05) is 0 Å². The number of hydroxylamine groups is 2. The summed E-state index contributed by atoms with van der Waals surface area (Å²) in [7, 11) is 0. The molecule has 6 heteroatoms. The number of carbonyl (C=O) groups is 2.